The van der Waals surface area contributed by atoms with E-state index in [1.165, 1.54) is 17.0 Å². The fraction of sp³-hybridized carbons (Fsp3) is 0.500. The van der Waals surface area contributed by atoms with Crippen molar-refractivity contribution in [1.29, 1.82) is 0 Å². The molecule has 0 bridgehead atoms. The average molecular weight is 417 g/mol. The van der Waals surface area contributed by atoms with Crippen LogP contribution in [0.2, 0.25) is 0 Å². The zero-order valence-electron chi connectivity index (χ0n) is 13.6. The molecule has 148 valence electrons. The number of sulfonamides is 1. The molecule has 0 aliphatic carbocycles. The first-order chi connectivity index (χ1) is 11.6. The molecule has 1 aromatic carbocycles. The Hall–Kier alpha value is -1.40. The van der Waals surface area contributed by atoms with Gasteiger partial charge in [0.15, 0.2) is 0 Å². The lowest BCUT2D eigenvalue weighted by Crippen LogP contribution is -2.57. The van der Waals surface area contributed by atoms with Gasteiger partial charge in [0, 0.05) is 38.3 Å². The van der Waals surface area contributed by atoms with Crippen molar-refractivity contribution in [2.24, 2.45) is 5.73 Å². The number of nitrogens with zero attached hydrogens (tertiary/aromatic N) is 1. The minimum Gasteiger partial charge on any atom is -0.366 e. The number of primary amides is 1. The van der Waals surface area contributed by atoms with Gasteiger partial charge in [0.2, 0.25) is 15.9 Å². The van der Waals surface area contributed by atoms with E-state index in [1.54, 1.807) is 0 Å². The number of alkyl halides is 3. The lowest BCUT2D eigenvalue weighted by Gasteiger charge is -2.35. The normalized spacial score (nSPS) is 17.3. The molecule has 0 spiro atoms. The third-order valence-electron chi connectivity index (χ3n) is 3.89. The van der Waals surface area contributed by atoms with Crippen molar-refractivity contribution >= 4 is 28.3 Å². The van der Waals surface area contributed by atoms with Crippen LogP contribution < -0.4 is 15.8 Å². The molecular weight excluding hydrogens is 397 g/mol. The Labute approximate surface area is 155 Å². The molecule has 12 heteroatoms. The summed E-state index contributed by atoms with van der Waals surface area (Å²) in [6.07, 6.45) is -4.56. The van der Waals surface area contributed by atoms with Crippen LogP contribution in [0.1, 0.15) is 10.4 Å². The summed E-state index contributed by atoms with van der Waals surface area (Å²) in [6, 6.07) is 2.74. The summed E-state index contributed by atoms with van der Waals surface area (Å²) in [5.74, 6) is -0.729. The van der Waals surface area contributed by atoms with Gasteiger partial charge >= 0.3 is 6.18 Å². The quantitative estimate of drug-likeness (QED) is 0.619. The number of hydrogen-bond donors (Lipinski definition) is 3. The standard InChI is InChI=1S/C14H19F3N4O3S.ClH/c15-14(16,17)12(21-7-5-19-6-8-21)9-20-25(23,24)11-3-1-10(2-4-11)13(18)22;/h1-4,12,19-20H,5-9H2,(H2,18,22);1H. The first-order valence-corrected chi connectivity index (χ1v) is 9.00. The smallest absolute Gasteiger partial charge is 0.366 e. The van der Waals surface area contributed by atoms with Crippen molar-refractivity contribution in [1.82, 2.24) is 14.9 Å². The molecule has 4 N–H and O–H groups in total. The summed E-state index contributed by atoms with van der Waals surface area (Å²) in [5, 5.41) is 2.95. The van der Waals surface area contributed by atoms with E-state index < -0.39 is 34.7 Å². The summed E-state index contributed by atoms with van der Waals surface area (Å²) in [7, 11) is -4.14. The summed E-state index contributed by atoms with van der Waals surface area (Å²) in [6.45, 7) is 0.393. The fourth-order valence-corrected chi connectivity index (χ4v) is 3.55. The third-order valence-corrected chi connectivity index (χ3v) is 5.33. The van der Waals surface area contributed by atoms with Gasteiger partial charge in [-0.15, -0.1) is 12.4 Å². The van der Waals surface area contributed by atoms with Crippen molar-refractivity contribution in [3.63, 3.8) is 0 Å². The van der Waals surface area contributed by atoms with Gasteiger partial charge in [-0.1, -0.05) is 0 Å². The van der Waals surface area contributed by atoms with E-state index in [9.17, 15) is 26.4 Å². The van der Waals surface area contributed by atoms with Gasteiger partial charge in [-0.25, -0.2) is 13.1 Å². The molecule has 7 nitrogen and oxygen atoms in total. The molecule has 1 atom stereocenters. The molecule has 0 radical (unpaired) electrons. The molecule has 2 rings (SSSR count). The third kappa shape index (κ3) is 5.81. The molecule has 0 aromatic heterocycles. The summed E-state index contributed by atoms with van der Waals surface area (Å²) in [4.78, 5) is 12.0. The highest BCUT2D eigenvalue weighted by atomic mass is 35.5. The van der Waals surface area contributed by atoms with E-state index in [0.717, 1.165) is 12.1 Å². The molecule has 1 amide bonds. The zero-order chi connectivity index (χ0) is 18.7. The maximum Gasteiger partial charge on any atom is 0.405 e. The van der Waals surface area contributed by atoms with E-state index in [2.05, 4.69) is 5.32 Å². The highest BCUT2D eigenvalue weighted by Gasteiger charge is 2.44. The highest BCUT2D eigenvalue weighted by molar-refractivity contribution is 7.89. The monoisotopic (exact) mass is 416 g/mol. The van der Waals surface area contributed by atoms with Crippen LogP contribution in [0.15, 0.2) is 29.2 Å². The van der Waals surface area contributed by atoms with Crippen LogP contribution in [0, 0.1) is 0 Å². The van der Waals surface area contributed by atoms with Gasteiger partial charge in [0.25, 0.3) is 0 Å². The zero-order valence-corrected chi connectivity index (χ0v) is 15.3. The van der Waals surface area contributed by atoms with Crippen LogP contribution in [-0.4, -0.2) is 64.2 Å². The van der Waals surface area contributed by atoms with Crippen molar-refractivity contribution in [3.8, 4) is 0 Å². The second kappa shape index (κ2) is 9.00. The van der Waals surface area contributed by atoms with Crippen molar-refractivity contribution < 1.29 is 26.4 Å². The van der Waals surface area contributed by atoms with Crippen LogP contribution in [0.5, 0.6) is 0 Å². The van der Waals surface area contributed by atoms with Crippen LogP contribution >= 0.6 is 12.4 Å². The largest absolute Gasteiger partial charge is 0.405 e. The van der Waals surface area contributed by atoms with Gasteiger partial charge in [-0.05, 0) is 24.3 Å². The Morgan fingerprint density at radius 3 is 2.23 bits per heavy atom. The number of nitrogens with two attached hydrogens (primary N) is 1. The first kappa shape index (κ1) is 22.6. The molecule has 1 aliphatic heterocycles. The molecule has 1 fully saturated rings. The maximum atomic E-state index is 13.3. The van der Waals surface area contributed by atoms with Gasteiger partial charge in [0.05, 0.1) is 4.90 Å². The topological polar surface area (TPSA) is 105 Å². The highest BCUT2D eigenvalue weighted by Crippen LogP contribution is 2.25. The number of carbonyl (C=O) groups is 1. The molecule has 26 heavy (non-hydrogen) atoms. The van der Waals surface area contributed by atoms with Crippen molar-refractivity contribution in [2.45, 2.75) is 17.1 Å². The Morgan fingerprint density at radius 2 is 1.77 bits per heavy atom. The molecule has 0 saturated carbocycles. The molecule has 1 aromatic rings. The summed E-state index contributed by atoms with van der Waals surface area (Å²) >= 11 is 0. The van der Waals surface area contributed by atoms with Gasteiger partial charge in [-0.2, -0.15) is 13.2 Å². The van der Waals surface area contributed by atoms with Crippen molar-refractivity contribution in [2.75, 3.05) is 32.7 Å². The Morgan fingerprint density at radius 1 is 1.23 bits per heavy atom. The van der Waals surface area contributed by atoms with E-state index in [0.29, 0.717) is 13.1 Å². The van der Waals surface area contributed by atoms with Gasteiger partial charge in [-0.3, -0.25) is 9.69 Å². The number of rotatable bonds is 6. The van der Waals surface area contributed by atoms with E-state index in [-0.39, 0.29) is 36.0 Å². The number of piperazine rings is 1. The van der Waals surface area contributed by atoms with Crippen LogP contribution in [0.3, 0.4) is 0 Å². The van der Waals surface area contributed by atoms with Crippen LogP contribution in [0.25, 0.3) is 0 Å². The Kier molecular flexibility index (Phi) is 7.84. The predicted molar refractivity (Wildman–Crippen MR) is 91.7 cm³/mol. The number of carbonyl (C=O) groups excluding carboxylic acids is 1. The van der Waals surface area contributed by atoms with E-state index in [4.69, 9.17) is 5.73 Å². The minimum absolute atomic E-state index is 0. The first-order valence-electron chi connectivity index (χ1n) is 7.52. The molecule has 1 heterocycles. The second-order valence-electron chi connectivity index (χ2n) is 5.58. The molecule has 1 unspecified atom stereocenters. The van der Waals surface area contributed by atoms with Gasteiger partial charge in [0.1, 0.15) is 6.04 Å². The van der Waals surface area contributed by atoms with Crippen molar-refractivity contribution in [3.05, 3.63) is 29.8 Å². The number of nitrogens with one attached hydrogen (secondary N) is 2. The lowest BCUT2D eigenvalue weighted by atomic mass is 10.2. The summed E-state index contributed by atoms with van der Waals surface area (Å²) in [5.41, 5.74) is 5.17. The second-order valence-corrected chi connectivity index (χ2v) is 7.35. The Bertz CT molecular complexity index is 707. The number of hydrogen-bond acceptors (Lipinski definition) is 5. The molecule has 1 saturated heterocycles. The number of amides is 1. The van der Waals surface area contributed by atoms with Crippen LogP contribution in [0.4, 0.5) is 13.2 Å². The number of halogens is 4. The van der Waals surface area contributed by atoms with E-state index in [1.807, 2.05) is 4.72 Å². The Balaban J connectivity index is 0.00000338. The lowest BCUT2D eigenvalue weighted by molar-refractivity contribution is -0.182. The van der Waals surface area contributed by atoms with Crippen LogP contribution in [-0.2, 0) is 10.0 Å². The maximum absolute atomic E-state index is 13.3. The van der Waals surface area contributed by atoms with Gasteiger partial charge < -0.3 is 11.1 Å². The molecule has 1 aliphatic rings. The number of benzene rings is 1. The predicted octanol–water partition coefficient (Wildman–Crippen LogP) is 0.322. The minimum atomic E-state index is -4.56. The average Bonchev–Trinajstić information content (AvgIpc) is 2.54. The molecular formula is C14H20ClF3N4O3S. The fourth-order valence-electron chi connectivity index (χ4n) is 2.52. The van der Waals surface area contributed by atoms with E-state index >= 15 is 0 Å². The summed E-state index contributed by atoms with van der Waals surface area (Å²) < 4.78 is 66.2. The SMILES string of the molecule is Cl.NC(=O)c1ccc(S(=O)(=O)NCC(N2CCNCC2)C(F)(F)F)cc1.